The second-order valence-electron chi connectivity index (χ2n) is 4.77. The summed E-state index contributed by atoms with van der Waals surface area (Å²) in [7, 11) is -4.38. The van der Waals surface area contributed by atoms with Gasteiger partial charge in [0.05, 0.1) is 23.7 Å². The van der Waals surface area contributed by atoms with E-state index in [1.54, 1.807) is 0 Å². The largest absolute Gasteiger partial charge is 1.00 e. The summed E-state index contributed by atoms with van der Waals surface area (Å²) in [6, 6.07) is 0. The molecule has 4 atom stereocenters. The summed E-state index contributed by atoms with van der Waals surface area (Å²) in [5.41, 5.74) is 6.03. The normalized spacial score (nSPS) is 26.8. The number of aliphatic hydroxyl groups is 1. The molecule has 23 heavy (non-hydrogen) atoms. The molecular weight excluding hydrogens is 356 g/mol. The Morgan fingerprint density at radius 1 is 1.52 bits per heavy atom. The van der Waals surface area contributed by atoms with Crippen LogP contribution in [0, 0.1) is 0 Å². The third-order valence-electron chi connectivity index (χ3n) is 3.22. The van der Waals surface area contributed by atoms with E-state index in [-0.39, 0.29) is 42.0 Å². The van der Waals surface area contributed by atoms with Crippen LogP contribution in [0.15, 0.2) is 12.7 Å². The number of imidazole rings is 1. The third-order valence-corrected chi connectivity index (χ3v) is 5.96. The van der Waals surface area contributed by atoms with Gasteiger partial charge in [-0.2, -0.15) is 0 Å². The van der Waals surface area contributed by atoms with Gasteiger partial charge in [0.15, 0.2) is 17.7 Å². The maximum absolute atomic E-state index is 10.8. The number of nitrogens with zero attached hydrogens (tertiary/aromatic N) is 4. The molecule has 2 aromatic rings. The van der Waals surface area contributed by atoms with Gasteiger partial charge in [0.25, 0.3) is 0 Å². The zero-order valence-electron chi connectivity index (χ0n) is 12.1. The molecule has 0 spiro atoms. The van der Waals surface area contributed by atoms with Gasteiger partial charge in [-0.1, -0.05) is 0 Å². The molecule has 10 nitrogen and oxygen atoms in total. The molecule has 0 aliphatic carbocycles. The van der Waals surface area contributed by atoms with Crippen LogP contribution in [0.4, 0.5) is 5.82 Å². The molecule has 0 saturated carbocycles. The fraction of sp³-hybridized carbons (Fsp3) is 0.500. The average Bonchev–Trinajstić information content (AvgIpc) is 3.00. The van der Waals surface area contributed by atoms with E-state index in [0.717, 1.165) is 11.8 Å². The topological polar surface area (TPSA) is 159 Å². The summed E-state index contributed by atoms with van der Waals surface area (Å²) in [4.78, 5) is 31.6. The molecule has 1 aliphatic heterocycles. The quantitative estimate of drug-likeness (QED) is 0.357. The number of ether oxygens (including phenoxy) is 1. The molecule has 0 radical (unpaired) electrons. The molecule has 1 unspecified atom stereocenters. The van der Waals surface area contributed by atoms with Crippen molar-refractivity contribution in [2.75, 3.05) is 17.8 Å². The summed E-state index contributed by atoms with van der Waals surface area (Å²) in [5, 5.41) is 9.81. The molecule has 0 aromatic carbocycles. The molecule has 120 valence electrons. The number of fused-ring (bicyclic) bond motifs is 1. The number of anilines is 1. The number of thioether (sulfide) groups is 1. The summed E-state index contributed by atoms with van der Waals surface area (Å²) in [5.74, 6) is 0.217. The van der Waals surface area contributed by atoms with Crippen LogP contribution < -0.4 is 40.2 Å². The van der Waals surface area contributed by atoms with Gasteiger partial charge < -0.3 is 29.9 Å². The minimum absolute atomic E-state index is 0. The van der Waals surface area contributed by atoms with E-state index < -0.39 is 30.7 Å². The molecule has 1 fully saturated rings. The van der Waals surface area contributed by atoms with Crippen LogP contribution in [0.2, 0.25) is 0 Å². The summed E-state index contributed by atoms with van der Waals surface area (Å²) >= 11 is 0.917. The fourth-order valence-corrected chi connectivity index (χ4v) is 4.24. The smallest absolute Gasteiger partial charge is 0.778 e. The Hall–Kier alpha value is -0.230. The maximum Gasteiger partial charge on any atom is 1.00 e. The van der Waals surface area contributed by atoms with Crippen LogP contribution in [0.3, 0.4) is 0 Å². The predicted molar refractivity (Wildman–Crippen MR) is 76.8 cm³/mol. The number of rotatable bonds is 4. The number of aliphatic hydroxyl groups excluding tert-OH is 1. The maximum atomic E-state index is 10.8. The summed E-state index contributed by atoms with van der Waals surface area (Å²) in [6.07, 6.45) is 0.969. The van der Waals surface area contributed by atoms with Gasteiger partial charge >= 0.3 is 29.6 Å². The van der Waals surface area contributed by atoms with E-state index in [4.69, 9.17) is 15.4 Å². The van der Waals surface area contributed by atoms with E-state index in [0.29, 0.717) is 11.2 Å². The zero-order chi connectivity index (χ0) is 15.9. The first kappa shape index (κ1) is 19.1. The van der Waals surface area contributed by atoms with Gasteiger partial charge in [-0.15, -0.1) is 11.8 Å². The minimum Gasteiger partial charge on any atom is -0.778 e. The van der Waals surface area contributed by atoms with Gasteiger partial charge in [-0.25, -0.2) is 15.0 Å². The Balaban J connectivity index is 0.00000192. The monoisotopic (exact) mass is 369 g/mol. The fourth-order valence-electron chi connectivity index (χ4n) is 2.21. The number of hydrogen-bond acceptors (Lipinski definition) is 9. The minimum atomic E-state index is -4.38. The molecule has 1 aliphatic rings. The SMILES string of the molecule is Nc1ncnc2c1ncn2[C@@H]1OC[C@H](SCP(=O)([O-])O)[C@H]1O.[Na+]. The Kier molecular flexibility index (Phi) is 6.10. The van der Waals surface area contributed by atoms with Crippen molar-refractivity contribution in [1.82, 2.24) is 19.5 Å². The molecule has 3 heterocycles. The van der Waals surface area contributed by atoms with Gasteiger partial charge in [-0.3, -0.25) is 4.57 Å². The van der Waals surface area contributed by atoms with Crippen molar-refractivity contribution in [3.63, 3.8) is 0 Å². The molecular formula is C10H13N5NaO5PS. The van der Waals surface area contributed by atoms with Crippen molar-refractivity contribution in [2.45, 2.75) is 17.6 Å². The average molecular weight is 369 g/mol. The molecule has 3 rings (SSSR count). The van der Waals surface area contributed by atoms with Crippen LogP contribution in [-0.4, -0.2) is 53.0 Å². The van der Waals surface area contributed by atoms with Gasteiger partial charge in [-0.05, 0) is 0 Å². The van der Waals surface area contributed by atoms with Crippen molar-refractivity contribution in [1.29, 1.82) is 0 Å². The predicted octanol–water partition coefficient (Wildman–Crippen LogP) is -4.09. The number of nitrogens with two attached hydrogens (primary N) is 1. The molecule has 0 bridgehead atoms. The Morgan fingerprint density at radius 2 is 2.26 bits per heavy atom. The van der Waals surface area contributed by atoms with Crippen molar-refractivity contribution in [3.05, 3.63) is 12.7 Å². The van der Waals surface area contributed by atoms with Crippen LogP contribution in [0.5, 0.6) is 0 Å². The molecule has 2 aromatic heterocycles. The molecule has 4 N–H and O–H groups in total. The summed E-state index contributed by atoms with van der Waals surface area (Å²) < 4.78 is 17.8. The van der Waals surface area contributed by atoms with Crippen LogP contribution in [0.1, 0.15) is 6.23 Å². The zero-order valence-corrected chi connectivity index (χ0v) is 15.9. The van der Waals surface area contributed by atoms with E-state index in [1.165, 1.54) is 17.2 Å². The van der Waals surface area contributed by atoms with Crippen molar-refractivity contribution in [3.8, 4) is 0 Å². The first-order chi connectivity index (χ1) is 10.4. The Morgan fingerprint density at radius 3 is 2.96 bits per heavy atom. The molecule has 0 amide bonds. The van der Waals surface area contributed by atoms with Gasteiger partial charge in [0.2, 0.25) is 0 Å². The summed E-state index contributed by atoms with van der Waals surface area (Å²) in [6.45, 7) is 0.136. The van der Waals surface area contributed by atoms with E-state index in [1.807, 2.05) is 0 Å². The van der Waals surface area contributed by atoms with Gasteiger partial charge in [0, 0.05) is 0 Å². The van der Waals surface area contributed by atoms with E-state index in [9.17, 15) is 14.6 Å². The third kappa shape index (κ3) is 4.06. The number of aromatic nitrogens is 4. The van der Waals surface area contributed by atoms with Gasteiger partial charge in [0.1, 0.15) is 25.5 Å². The number of nitrogen functional groups attached to an aromatic ring is 1. The Bertz CT molecular complexity index is 742. The van der Waals surface area contributed by atoms with Crippen LogP contribution >= 0.6 is 19.4 Å². The molecule has 1 saturated heterocycles. The van der Waals surface area contributed by atoms with Crippen molar-refractivity contribution in [2.24, 2.45) is 0 Å². The second kappa shape index (κ2) is 7.34. The van der Waals surface area contributed by atoms with Crippen molar-refractivity contribution < 1.29 is 53.8 Å². The van der Waals surface area contributed by atoms with Crippen molar-refractivity contribution >= 4 is 36.3 Å². The Labute approximate surface area is 157 Å². The van der Waals surface area contributed by atoms with Crippen LogP contribution in [0.25, 0.3) is 11.2 Å². The first-order valence-electron chi connectivity index (χ1n) is 6.24. The van der Waals surface area contributed by atoms with E-state index >= 15 is 0 Å². The second-order valence-corrected chi connectivity index (χ2v) is 8.02. The molecule has 13 heteroatoms. The first-order valence-corrected chi connectivity index (χ1v) is 9.05. The standard InChI is InChI=1S/C10H14N5O5PS.Na/c11-8-6-9(13-2-12-8)15(3-14-6)10-7(16)5(1-20-10)22-4-21(17,18)19;/h2-3,5,7,10,16H,1,4H2,(H2,11,12,13)(H2,17,18,19);/q;+1/p-1/t5-,7+,10+;/m0./s1. The van der Waals surface area contributed by atoms with Crippen LogP contribution in [-0.2, 0) is 9.30 Å². The number of hydrogen-bond donors (Lipinski definition) is 3. The van der Waals surface area contributed by atoms with E-state index in [2.05, 4.69) is 15.0 Å².